The third-order valence-electron chi connectivity index (χ3n) is 3.92. The van der Waals surface area contributed by atoms with Crippen molar-refractivity contribution in [1.82, 2.24) is 0 Å². The summed E-state index contributed by atoms with van der Waals surface area (Å²) in [6.07, 6.45) is 7.85. The van der Waals surface area contributed by atoms with Gasteiger partial charge in [0.1, 0.15) is 0 Å². The summed E-state index contributed by atoms with van der Waals surface area (Å²) in [5, 5.41) is 2.97. The molecule has 27 heavy (non-hydrogen) atoms. The van der Waals surface area contributed by atoms with Crippen molar-refractivity contribution in [2.45, 2.75) is 38.0 Å². The minimum atomic E-state index is -0.105. The number of thioether (sulfide) groups is 1. The number of para-hydroxylation sites is 1. The Labute approximate surface area is 171 Å². The minimum Gasteiger partial charge on any atom is -0.329 e. The third kappa shape index (κ3) is 7.73. The maximum absolute atomic E-state index is 12.5. The Morgan fingerprint density at radius 3 is 2.48 bits per heavy atom. The lowest BCUT2D eigenvalue weighted by molar-refractivity contribution is 0.102. The molecule has 2 rings (SSSR count). The number of nitrogens with one attached hydrogen (secondary N) is 2. The summed E-state index contributed by atoms with van der Waals surface area (Å²) in [4.78, 5) is 13.8. The molecule has 0 atom stereocenters. The second-order valence-electron chi connectivity index (χ2n) is 6.46. The number of allylic oxidation sites excluding steroid dienone is 2. The van der Waals surface area contributed by atoms with Gasteiger partial charge in [-0.15, -0.1) is 11.8 Å². The summed E-state index contributed by atoms with van der Waals surface area (Å²) in [5.74, 6) is 1.02. The molecule has 0 aliphatic carbocycles. The number of carbonyl (C=O) groups is 1. The van der Waals surface area contributed by atoms with Crippen LogP contribution in [0.3, 0.4) is 0 Å². The fourth-order valence-corrected chi connectivity index (χ4v) is 3.85. The number of carbonyl (C=O) groups excluding carboxylic acids is 1. The zero-order valence-corrected chi connectivity index (χ0v) is 17.9. The van der Waals surface area contributed by atoms with Gasteiger partial charge >= 0.3 is 0 Å². The molecule has 2 aromatic rings. The molecular formula is C22H28N2OS2. The van der Waals surface area contributed by atoms with Crippen molar-refractivity contribution in [1.29, 1.82) is 0 Å². The van der Waals surface area contributed by atoms with Crippen LogP contribution in [0.25, 0.3) is 0 Å². The maximum Gasteiger partial charge on any atom is 0.257 e. The summed E-state index contributed by atoms with van der Waals surface area (Å²) in [7, 11) is 0. The highest BCUT2D eigenvalue weighted by Crippen LogP contribution is 2.23. The van der Waals surface area contributed by atoms with Crippen LogP contribution in [0.5, 0.6) is 0 Å². The molecule has 0 aromatic heterocycles. The molecule has 0 unspecified atom stereocenters. The van der Waals surface area contributed by atoms with Gasteiger partial charge in [0.25, 0.3) is 5.91 Å². The van der Waals surface area contributed by atoms with E-state index < -0.39 is 0 Å². The molecule has 2 aromatic carbocycles. The average Bonchev–Trinajstić information content (AvgIpc) is 2.66. The van der Waals surface area contributed by atoms with Gasteiger partial charge in [0.15, 0.2) is 0 Å². The molecule has 2 N–H and O–H groups in total. The quantitative estimate of drug-likeness (QED) is 0.198. The van der Waals surface area contributed by atoms with Crippen LogP contribution in [-0.2, 0) is 0 Å². The van der Waals surface area contributed by atoms with E-state index in [1.165, 1.54) is 41.7 Å². The van der Waals surface area contributed by atoms with Crippen molar-refractivity contribution < 1.29 is 4.79 Å². The molecule has 0 saturated carbocycles. The molecule has 3 nitrogen and oxygen atoms in total. The van der Waals surface area contributed by atoms with Gasteiger partial charge in [0, 0.05) is 16.8 Å². The highest BCUT2D eigenvalue weighted by molar-refractivity contribution is 7.99. The maximum atomic E-state index is 12.5. The predicted molar refractivity (Wildman–Crippen MR) is 122 cm³/mol. The molecule has 1 amide bonds. The van der Waals surface area contributed by atoms with Gasteiger partial charge in [-0.1, -0.05) is 35.7 Å². The average molecular weight is 401 g/mol. The van der Waals surface area contributed by atoms with Crippen LogP contribution in [0.1, 0.15) is 43.5 Å². The van der Waals surface area contributed by atoms with Crippen molar-refractivity contribution in [2.75, 3.05) is 22.0 Å². The first kappa shape index (κ1) is 21.5. The van der Waals surface area contributed by atoms with Crippen LogP contribution in [0.4, 0.5) is 11.4 Å². The van der Waals surface area contributed by atoms with Gasteiger partial charge in [-0.25, -0.2) is 0 Å². The van der Waals surface area contributed by atoms with E-state index in [0.717, 1.165) is 17.1 Å². The van der Waals surface area contributed by atoms with E-state index in [-0.39, 0.29) is 5.91 Å². The Balaban J connectivity index is 1.83. The lowest BCUT2D eigenvalue weighted by atomic mass is 10.1. The van der Waals surface area contributed by atoms with Crippen molar-refractivity contribution in [2.24, 2.45) is 0 Å². The third-order valence-corrected chi connectivity index (χ3v) is 5.44. The molecule has 0 fully saturated rings. The van der Waals surface area contributed by atoms with Crippen LogP contribution in [0.15, 0.2) is 65.1 Å². The molecule has 0 saturated heterocycles. The van der Waals surface area contributed by atoms with E-state index in [0.29, 0.717) is 5.56 Å². The van der Waals surface area contributed by atoms with Gasteiger partial charge in [-0.2, -0.15) is 0 Å². The largest absolute Gasteiger partial charge is 0.329 e. The van der Waals surface area contributed by atoms with E-state index in [2.05, 4.69) is 42.1 Å². The summed E-state index contributed by atoms with van der Waals surface area (Å²) >= 11 is 3.34. The summed E-state index contributed by atoms with van der Waals surface area (Å²) in [6.45, 7) is 4.29. The zero-order chi connectivity index (χ0) is 19.5. The standard InChI is InChI=1S/C22H28N2OS2/c1-17(2)9-5-4-8-16-27-19-14-12-18(13-15-19)23-22(25)20-10-6-7-11-21(20)24-26-3/h6-7,9-15,24H,4-5,8,16H2,1-3H3,(H,23,25). The van der Waals surface area contributed by atoms with Gasteiger partial charge in [-0.05, 0) is 75.3 Å². The fraction of sp³-hybridized carbons (Fsp3) is 0.318. The molecule has 0 radical (unpaired) electrons. The Morgan fingerprint density at radius 1 is 1.04 bits per heavy atom. The van der Waals surface area contributed by atoms with E-state index in [1.54, 1.807) is 0 Å². The Morgan fingerprint density at radius 2 is 1.78 bits per heavy atom. The van der Waals surface area contributed by atoms with Crippen LogP contribution >= 0.6 is 23.7 Å². The zero-order valence-electron chi connectivity index (χ0n) is 16.2. The molecule has 0 bridgehead atoms. The number of anilines is 2. The van der Waals surface area contributed by atoms with E-state index in [4.69, 9.17) is 0 Å². The molecule has 0 aliphatic heterocycles. The summed E-state index contributed by atoms with van der Waals surface area (Å²) in [6, 6.07) is 15.6. The van der Waals surface area contributed by atoms with Crippen molar-refractivity contribution in [3.63, 3.8) is 0 Å². The normalized spacial score (nSPS) is 10.3. The first-order valence-corrected chi connectivity index (χ1v) is 11.4. The molecule has 0 aliphatic rings. The smallest absolute Gasteiger partial charge is 0.257 e. The summed E-state index contributed by atoms with van der Waals surface area (Å²) < 4.78 is 3.14. The number of hydrogen-bond acceptors (Lipinski definition) is 4. The van der Waals surface area contributed by atoms with Crippen molar-refractivity contribution >= 4 is 41.0 Å². The van der Waals surface area contributed by atoms with Crippen LogP contribution in [0.2, 0.25) is 0 Å². The number of hydrogen-bond donors (Lipinski definition) is 2. The number of unbranched alkanes of at least 4 members (excludes halogenated alkanes) is 2. The predicted octanol–water partition coefficient (Wildman–Crippen LogP) is 6.86. The number of amides is 1. The highest BCUT2D eigenvalue weighted by atomic mass is 32.2. The van der Waals surface area contributed by atoms with Crippen LogP contribution < -0.4 is 10.0 Å². The lowest BCUT2D eigenvalue weighted by Crippen LogP contribution is -2.13. The number of rotatable bonds is 10. The van der Waals surface area contributed by atoms with Gasteiger partial charge in [-0.3, -0.25) is 4.79 Å². The monoisotopic (exact) mass is 400 g/mol. The topological polar surface area (TPSA) is 41.1 Å². The molecule has 144 valence electrons. The van der Waals surface area contributed by atoms with Gasteiger partial charge < -0.3 is 10.0 Å². The second-order valence-corrected chi connectivity index (χ2v) is 8.24. The van der Waals surface area contributed by atoms with E-state index in [9.17, 15) is 4.79 Å². The molecule has 0 heterocycles. The van der Waals surface area contributed by atoms with Crippen molar-refractivity contribution in [3.05, 3.63) is 65.7 Å². The fourth-order valence-electron chi connectivity index (χ4n) is 2.54. The van der Waals surface area contributed by atoms with E-state index >= 15 is 0 Å². The molecule has 5 heteroatoms. The minimum absolute atomic E-state index is 0.105. The van der Waals surface area contributed by atoms with Crippen molar-refractivity contribution in [3.8, 4) is 0 Å². The van der Waals surface area contributed by atoms with Crippen LogP contribution in [0, 0.1) is 0 Å². The van der Waals surface area contributed by atoms with Crippen LogP contribution in [-0.4, -0.2) is 17.9 Å². The second kappa shape index (κ2) is 11.8. The van der Waals surface area contributed by atoms with E-state index in [1.807, 2.05) is 54.4 Å². The first-order chi connectivity index (χ1) is 13.1. The lowest BCUT2D eigenvalue weighted by Gasteiger charge is -2.11. The van der Waals surface area contributed by atoms with Gasteiger partial charge in [0.05, 0.1) is 11.3 Å². The Hall–Kier alpha value is -1.85. The summed E-state index contributed by atoms with van der Waals surface area (Å²) in [5.41, 5.74) is 3.67. The Kier molecular flexibility index (Phi) is 9.36. The molecular weight excluding hydrogens is 372 g/mol. The highest BCUT2D eigenvalue weighted by Gasteiger charge is 2.10. The molecule has 0 spiro atoms. The van der Waals surface area contributed by atoms with Gasteiger partial charge in [0.2, 0.25) is 0 Å². The first-order valence-electron chi connectivity index (χ1n) is 9.15. The SMILES string of the molecule is CSNc1ccccc1C(=O)Nc1ccc(SCCCCC=C(C)C)cc1. The number of benzene rings is 2. The Bertz CT molecular complexity index is 753.